The van der Waals surface area contributed by atoms with E-state index in [1.807, 2.05) is 12.1 Å². The van der Waals surface area contributed by atoms with Gasteiger partial charge in [-0.15, -0.1) is 0 Å². The zero-order valence-electron chi connectivity index (χ0n) is 11.3. The molecule has 0 spiro atoms. The quantitative estimate of drug-likeness (QED) is 0.783. The molecule has 1 N–H and O–H groups in total. The molecule has 1 fully saturated rings. The molecule has 4 nitrogen and oxygen atoms in total. The summed E-state index contributed by atoms with van der Waals surface area (Å²) in [6, 6.07) is 5.36. The lowest BCUT2D eigenvalue weighted by molar-refractivity contribution is 0.324. The highest BCUT2D eigenvalue weighted by molar-refractivity contribution is 14.1. The van der Waals surface area contributed by atoms with Crippen molar-refractivity contribution >= 4 is 22.6 Å². The van der Waals surface area contributed by atoms with Gasteiger partial charge in [-0.2, -0.15) is 4.98 Å². The fourth-order valence-corrected chi connectivity index (χ4v) is 3.35. The highest BCUT2D eigenvalue weighted by atomic mass is 127. The molecule has 0 aliphatic heterocycles. The third-order valence-corrected chi connectivity index (χ3v) is 4.60. The van der Waals surface area contributed by atoms with Crippen molar-refractivity contribution in [2.75, 3.05) is 0 Å². The summed E-state index contributed by atoms with van der Waals surface area (Å²) >= 11 is 2.20. The van der Waals surface area contributed by atoms with E-state index >= 15 is 0 Å². The molecule has 1 aromatic heterocycles. The Bertz CT molecular complexity index is 612. The van der Waals surface area contributed by atoms with Crippen LogP contribution >= 0.6 is 22.6 Å². The van der Waals surface area contributed by atoms with E-state index in [4.69, 9.17) is 4.52 Å². The summed E-state index contributed by atoms with van der Waals surface area (Å²) in [7, 11) is 0. The summed E-state index contributed by atoms with van der Waals surface area (Å²) < 4.78 is 6.38. The lowest BCUT2D eigenvalue weighted by atomic mass is 9.82. The second-order valence-electron chi connectivity index (χ2n) is 5.59. The Kier molecular flexibility index (Phi) is 3.96. The third-order valence-electron chi connectivity index (χ3n) is 3.93. The third kappa shape index (κ3) is 2.82. The van der Waals surface area contributed by atoms with E-state index in [-0.39, 0.29) is 5.75 Å². The van der Waals surface area contributed by atoms with Gasteiger partial charge in [-0.25, -0.2) is 0 Å². The Hall–Kier alpha value is -1.11. The van der Waals surface area contributed by atoms with Gasteiger partial charge in [-0.05, 0) is 59.5 Å². The molecule has 0 amide bonds. The SMILES string of the molecule is CC1CCCC(c2noc(-c3cc(I)ccc3O)n2)C1. The van der Waals surface area contributed by atoms with Gasteiger partial charge in [0.25, 0.3) is 5.89 Å². The smallest absolute Gasteiger partial charge is 0.261 e. The molecule has 2 unspecified atom stereocenters. The number of phenols is 1. The fourth-order valence-electron chi connectivity index (χ4n) is 2.86. The normalized spacial score (nSPS) is 22.9. The molecule has 3 rings (SSSR count). The molecule has 0 saturated heterocycles. The first kappa shape index (κ1) is 13.9. The van der Waals surface area contributed by atoms with Crippen molar-refractivity contribution in [3.63, 3.8) is 0 Å². The van der Waals surface area contributed by atoms with Crippen LogP contribution in [0, 0.1) is 9.49 Å². The second-order valence-corrected chi connectivity index (χ2v) is 6.83. The first-order valence-electron chi connectivity index (χ1n) is 6.96. The Morgan fingerprint density at radius 2 is 2.20 bits per heavy atom. The molecule has 20 heavy (non-hydrogen) atoms. The van der Waals surface area contributed by atoms with Gasteiger partial charge in [0.05, 0.1) is 5.56 Å². The highest BCUT2D eigenvalue weighted by Crippen LogP contribution is 2.36. The van der Waals surface area contributed by atoms with Crippen LogP contribution in [0.15, 0.2) is 22.7 Å². The summed E-state index contributed by atoms with van der Waals surface area (Å²) in [6.07, 6.45) is 4.77. The number of hydrogen-bond acceptors (Lipinski definition) is 4. The van der Waals surface area contributed by atoms with Gasteiger partial charge in [0.2, 0.25) is 0 Å². The van der Waals surface area contributed by atoms with E-state index in [9.17, 15) is 5.11 Å². The molecule has 106 valence electrons. The monoisotopic (exact) mass is 384 g/mol. The van der Waals surface area contributed by atoms with Crippen LogP contribution in [0.5, 0.6) is 5.75 Å². The van der Waals surface area contributed by atoms with Crippen molar-refractivity contribution in [1.29, 1.82) is 0 Å². The largest absolute Gasteiger partial charge is 0.507 e. The summed E-state index contributed by atoms with van der Waals surface area (Å²) in [5, 5.41) is 14.0. The average Bonchev–Trinajstić information content (AvgIpc) is 2.91. The minimum absolute atomic E-state index is 0.178. The van der Waals surface area contributed by atoms with E-state index in [0.29, 0.717) is 17.4 Å². The number of benzene rings is 1. The van der Waals surface area contributed by atoms with Crippen LogP contribution in [-0.4, -0.2) is 15.2 Å². The summed E-state index contributed by atoms with van der Waals surface area (Å²) in [5.74, 6) is 2.49. The topological polar surface area (TPSA) is 59.2 Å². The number of aromatic hydroxyl groups is 1. The lowest BCUT2D eigenvalue weighted by Crippen LogP contribution is -2.12. The van der Waals surface area contributed by atoms with Crippen LogP contribution in [0.2, 0.25) is 0 Å². The number of rotatable bonds is 2. The van der Waals surface area contributed by atoms with Crippen molar-refractivity contribution in [2.45, 2.75) is 38.5 Å². The molecule has 1 saturated carbocycles. The maximum absolute atomic E-state index is 9.92. The van der Waals surface area contributed by atoms with E-state index in [1.54, 1.807) is 6.07 Å². The minimum atomic E-state index is 0.178. The van der Waals surface area contributed by atoms with Crippen molar-refractivity contribution in [3.05, 3.63) is 27.6 Å². The van der Waals surface area contributed by atoms with Crippen LogP contribution in [-0.2, 0) is 0 Å². The van der Waals surface area contributed by atoms with Gasteiger partial charge >= 0.3 is 0 Å². The molecule has 1 heterocycles. The molecule has 2 atom stereocenters. The zero-order valence-corrected chi connectivity index (χ0v) is 13.5. The molecule has 0 radical (unpaired) electrons. The van der Waals surface area contributed by atoms with Crippen molar-refractivity contribution < 1.29 is 9.63 Å². The molecule has 5 heteroatoms. The van der Waals surface area contributed by atoms with Crippen molar-refractivity contribution in [1.82, 2.24) is 10.1 Å². The molecular weight excluding hydrogens is 367 g/mol. The van der Waals surface area contributed by atoms with E-state index in [1.165, 1.54) is 12.8 Å². The van der Waals surface area contributed by atoms with Gasteiger partial charge in [0, 0.05) is 9.49 Å². The predicted octanol–water partition coefficient (Wildman–Crippen LogP) is 4.34. The molecule has 1 aliphatic rings. The molecule has 1 aliphatic carbocycles. The van der Waals surface area contributed by atoms with Crippen LogP contribution < -0.4 is 0 Å². The van der Waals surface area contributed by atoms with Crippen molar-refractivity contribution in [2.24, 2.45) is 5.92 Å². The number of phenolic OH excluding ortho intramolecular Hbond substituents is 1. The lowest BCUT2D eigenvalue weighted by Gasteiger charge is -2.23. The summed E-state index contributed by atoms with van der Waals surface area (Å²) in [4.78, 5) is 4.50. The second kappa shape index (κ2) is 5.71. The minimum Gasteiger partial charge on any atom is -0.507 e. The maximum atomic E-state index is 9.92. The number of aromatic nitrogens is 2. The number of halogens is 1. The van der Waals surface area contributed by atoms with Crippen LogP contribution in [0.3, 0.4) is 0 Å². The van der Waals surface area contributed by atoms with Crippen molar-refractivity contribution in [3.8, 4) is 17.2 Å². The van der Waals surface area contributed by atoms with Gasteiger partial charge < -0.3 is 9.63 Å². The van der Waals surface area contributed by atoms with Gasteiger partial charge in [0.15, 0.2) is 5.82 Å². The zero-order chi connectivity index (χ0) is 14.1. The van der Waals surface area contributed by atoms with Crippen LogP contribution in [0.4, 0.5) is 0 Å². The van der Waals surface area contributed by atoms with E-state index in [0.717, 1.165) is 28.2 Å². The van der Waals surface area contributed by atoms with E-state index in [2.05, 4.69) is 39.7 Å². The van der Waals surface area contributed by atoms with Gasteiger partial charge in [-0.1, -0.05) is 24.9 Å². The number of nitrogens with zero attached hydrogens (tertiary/aromatic N) is 2. The Morgan fingerprint density at radius 1 is 1.35 bits per heavy atom. The highest BCUT2D eigenvalue weighted by Gasteiger charge is 2.25. The maximum Gasteiger partial charge on any atom is 0.261 e. The van der Waals surface area contributed by atoms with E-state index < -0.39 is 0 Å². The fraction of sp³-hybridized carbons (Fsp3) is 0.467. The molecule has 2 aromatic rings. The van der Waals surface area contributed by atoms with Crippen LogP contribution in [0.1, 0.15) is 44.3 Å². The van der Waals surface area contributed by atoms with Gasteiger partial charge in [0.1, 0.15) is 5.75 Å². The Labute approximate surface area is 131 Å². The predicted molar refractivity (Wildman–Crippen MR) is 84.5 cm³/mol. The standard InChI is InChI=1S/C15H17IN2O2/c1-9-3-2-4-10(7-9)14-17-15(20-18-14)12-8-11(16)5-6-13(12)19/h5-6,8-10,19H,2-4,7H2,1H3. The summed E-state index contributed by atoms with van der Waals surface area (Å²) in [6.45, 7) is 2.28. The molecular formula is C15H17IN2O2. The Balaban J connectivity index is 1.88. The molecule has 0 bridgehead atoms. The Morgan fingerprint density at radius 3 is 3.00 bits per heavy atom. The van der Waals surface area contributed by atoms with Crippen LogP contribution in [0.25, 0.3) is 11.5 Å². The summed E-state index contributed by atoms with van der Waals surface area (Å²) in [5.41, 5.74) is 0.611. The van der Waals surface area contributed by atoms with Gasteiger partial charge in [-0.3, -0.25) is 0 Å². The number of hydrogen-bond donors (Lipinski definition) is 1. The first-order valence-corrected chi connectivity index (χ1v) is 8.04. The molecule has 1 aromatic carbocycles. The first-order chi connectivity index (χ1) is 9.63. The average molecular weight is 384 g/mol.